The lowest BCUT2D eigenvalue weighted by Crippen LogP contribution is -2.36. The van der Waals surface area contributed by atoms with Crippen molar-refractivity contribution in [1.82, 2.24) is 9.88 Å². The summed E-state index contributed by atoms with van der Waals surface area (Å²) in [5.74, 6) is 0.386. The molecular weight excluding hydrogens is 270 g/mol. The van der Waals surface area contributed by atoms with E-state index in [1.807, 2.05) is 0 Å². The van der Waals surface area contributed by atoms with Crippen LogP contribution in [0.2, 0.25) is 0 Å². The zero-order valence-corrected chi connectivity index (χ0v) is 13.3. The van der Waals surface area contributed by atoms with Crippen LogP contribution in [-0.2, 0) is 6.61 Å². The molecule has 0 radical (unpaired) electrons. The monoisotopic (exact) mass is 295 g/mol. The number of hydrogen-bond donors (Lipinski definition) is 1. The number of rotatable bonds is 3. The third kappa shape index (κ3) is 2.71. The largest absolute Gasteiger partial charge is 0.391 e. The van der Waals surface area contributed by atoms with Gasteiger partial charge in [0.05, 0.1) is 17.2 Å². The Kier molecular flexibility index (Phi) is 4.29. The second-order valence-corrected chi connectivity index (χ2v) is 7.31. The number of hydrogen-bond acceptors (Lipinski definition) is 5. The Hall–Kier alpha value is -0.650. The minimum atomic E-state index is 0.120. The van der Waals surface area contributed by atoms with Crippen LogP contribution in [-0.4, -0.2) is 47.2 Å². The molecule has 5 heteroatoms. The lowest BCUT2D eigenvalue weighted by Gasteiger charge is -2.25. The summed E-state index contributed by atoms with van der Waals surface area (Å²) >= 11 is 1.68. The highest BCUT2D eigenvalue weighted by Crippen LogP contribution is 2.33. The Bertz CT molecular complexity index is 460. The van der Waals surface area contributed by atoms with E-state index in [0.29, 0.717) is 12.0 Å². The molecule has 1 aromatic rings. The quantitative estimate of drug-likeness (QED) is 0.930. The number of aliphatic hydroxyl groups is 1. The van der Waals surface area contributed by atoms with Crippen LogP contribution in [0.4, 0.5) is 5.13 Å². The van der Waals surface area contributed by atoms with E-state index in [1.165, 1.54) is 32.4 Å². The van der Waals surface area contributed by atoms with Gasteiger partial charge in [0, 0.05) is 25.7 Å². The van der Waals surface area contributed by atoms with Crippen molar-refractivity contribution >= 4 is 16.5 Å². The number of anilines is 1. The maximum atomic E-state index is 9.53. The Balaban J connectivity index is 1.81. The van der Waals surface area contributed by atoms with Gasteiger partial charge in [0.2, 0.25) is 0 Å². The van der Waals surface area contributed by atoms with Crippen LogP contribution in [0.5, 0.6) is 0 Å². The molecule has 2 aliphatic heterocycles. The van der Waals surface area contributed by atoms with Crippen molar-refractivity contribution in [1.29, 1.82) is 0 Å². The van der Waals surface area contributed by atoms with Gasteiger partial charge < -0.3 is 10.0 Å². The summed E-state index contributed by atoms with van der Waals surface area (Å²) < 4.78 is 0. The first-order chi connectivity index (χ1) is 9.69. The molecule has 0 spiro atoms. The Morgan fingerprint density at radius 1 is 1.30 bits per heavy atom. The van der Waals surface area contributed by atoms with Gasteiger partial charge in [-0.25, -0.2) is 4.98 Å². The molecule has 1 unspecified atom stereocenters. The van der Waals surface area contributed by atoms with E-state index in [1.54, 1.807) is 11.3 Å². The fraction of sp³-hybridized carbons (Fsp3) is 0.800. The van der Waals surface area contributed by atoms with E-state index in [2.05, 4.69) is 23.6 Å². The highest BCUT2D eigenvalue weighted by molar-refractivity contribution is 7.15. The first kappa shape index (κ1) is 14.3. The third-order valence-electron chi connectivity index (χ3n) is 4.48. The van der Waals surface area contributed by atoms with Gasteiger partial charge in [-0.05, 0) is 31.7 Å². The van der Waals surface area contributed by atoms with Crippen LogP contribution < -0.4 is 4.90 Å². The number of aliphatic hydroxyl groups excluding tert-OH is 1. The van der Waals surface area contributed by atoms with Crippen molar-refractivity contribution in [3.8, 4) is 0 Å². The molecule has 2 aliphatic rings. The zero-order valence-electron chi connectivity index (χ0n) is 12.5. The molecule has 2 saturated heterocycles. The number of fused-ring (bicyclic) bond motifs is 1. The second kappa shape index (κ2) is 6.00. The second-order valence-electron chi connectivity index (χ2n) is 6.25. The lowest BCUT2D eigenvalue weighted by atomic mass is 10.1. The number of thiazole rings is 1. The van der Waals surface area contributed by atoms with Gasteiger partial charge in [0.25, 0.3) is 0 Å². The molecule has 3 heterocycles. The average Bonchev–Trinajstić information content (AvgIpc) is 3.00. The Morgan fingerprint density at radius 3 is 2.80 bits per heavy atom. The van der Waals surface area contributed by atoms with Gasteiger partial charge in [-0.3, -0.25) is 4.90 Å². The molecule has 0 saturated carbocycles. The Labute approximate surface area is 125 Å². The first-order valence-corrected chi connectivity index (χ1v) is 8.60. The zero-order chi connectivity index (χ0) is 14.1. The van der Waals surface area contributed by atoms with Crippen LogP contribution in [0.15, 0.2) is 0 Å². The fourth-order valence-electron chi connectivity index (χ4n) is 3.43. The van der Waals surface area contributed by atoms with E-state index in [9.17, 15) is 5.11 Å². The molecule has 0 aromatic carbocycles. The van der Waals surface area contributed by atoms with Crippen LogP contribution >= 0.6 is 11.3 Å². The summed E-state index contributed by atoms with van der Waals surface area (Å²) in [7, 11) is 0. The summed E-state index contributed by atoms with van der Waals surface area (Å²) in [6.07, 6.45) is 3.89. The average molecular weight is 295 g/mol. The molecule has 2 fully saturated rings. The van der Waals surface area contributed by atoms with Crippen molar-refractivity contribution < 1.29 is 5.11 Å². The van der Waals surface area contributed by atoms with Crippen molar-refractivity contribution in [2.75, 3.05) is 31.1 Å². The van der Waals surface area contributed by atoms with Crippen LogP contribution in [0.3, 0.4) is 0 Å². The van der Waals surface area contributed by atoms with Crippen molar-refractivity contribution in [2.24, 2.45) is 0 Å². The molecule has 1 atom stereocenters. The minimum Gasteiger partial charge on any atom is -0.391 e. The van der Waals surface area contributed by atoms with Crippen molar-refractivity contribution in [3.63, 3.8) is 0 Å². The summed E-state index contributed by atoms with van der Waals surface area (Å²) in [4.78, 5) is 11.0. The third-order valence-corrected chi connectivity index (χ3v) is 5.60. The maximum absolute atomic E-state index is 9.53. The van der Waals surface area contributed by atoms with Gasteiger partial charge in [-0.1, -0.05) is 25.2 Å². The van der Waals surface area contributed by atoms with Crippen molar-refractivity contribution in [3.05, 3.63) is 10.6 Å². The molecular formula is C15H25N3OS. The summed E-state index contributed by atoms with van der Waals surface area (Å²) in [5, 5.41) is 10.6. The van der Waals surface area contributed by atoms with Crippen LogP contribution in [0.1, 0.15) is 49.6 Å². The highest BCUT2D eigenvalue weighted by atomic mass is 32.1. The fourth-order valence-corrected chi connectivity index (χ4v) is 4.54. The minimum absolute atomic E-state index is 0.120. The molecule has 20 heavy (non-hydrogen) atoms. The van der Waals surface area contributed by atoms with E-state index >= 15 is 0 Å². The van der Waals surface area contributed by atoms with Crippen LogP contribution in [0, 0.1) is 0 Å². The molecule has 1 aromatic heterocycles. The maximum Gasteiger partial charge on any atom is 0.185 e. The predicted octanol–water partition coefficient (Wildman–Crippen LogP) is 2.43. The van der Waals surface area contributed by atoms with E-state index in [4.69, 9.17) is 4.98 Å². The smallest absolute Gasteiger partial charge is 0.185 e. The standard InChI is InChI=1S/C15H25N3OS/c1-11(2)14-13(10-19)20-15(16-14)18-8-4-7-17-6-3-5-12(17)9-18/h11-12,19H,3-10H2,1-2H3. The van der Waals surface area contributed by atoms with E-state index < -0.39 is 0 Å². The van der Waals surface area contributed by atoms with Gasteiger partial charge >= 0.3 is 0 Å². The molecule has 0 aliphatic carbocycles. The summed E-state index contributed by atoms with van der Waals surface area (Å²) in [6.45, 7) is 9.14. The lowest BCUT2D eigenvalue weighted by molar-refractivity contribution is 0.273. The van der Waals surface area contributed by atoms with Gasteiger partial charge in [0.1, 0.15) is 0 Å². The van der Waals surface area contributed by atoms with Gasteiger partial charge in [-0.15, -0.1) is 0 Å². The number of aromatic nitrogens is 1. The van der Waals surface area contributed by atoms with Crippen LogP contribution in [0.25, 0.3) is 0 Å². The predicted molar refractivity (Wildman–Crippen MR) is 83.6 cm³/mol. The van der Waals surface area contributed by atoms with Gasteiger partial charge in [0.15, 0.2) is 5.13 Å². The van der Waals surface area contributed by atoms with E-state index in [-0.39, 0.29) is 6.61 Å². The first-order valence-electron chi connectivity index (χ1n) is 7.78. The molecule has 1 N–H and O–H groups in total. The number of nitrogens with zero attached hydrogens (tertiary/aromatic N) is 3. The topological polar surface area (TPSA) is 39.6 Å². The molecule has 4 nitrogen and oxygen atoms in total. The van der Waals surface area contributed by atoms with E-state index in [0.717, 1.165) is 28.8 Å². The molecule has 0 amide bonds. The molecule has 0 bridgehead atoms. The SMILES string of the molecule is CC(C)c1nc(N2CCCN3CCCC3C2)sc1CO. The highest BCUT2D eigenvalue weighted by Gasteiger charge is 2.30. The Morgan fingerprint density at radius 2 is 2.10 bits per heavy atom. The summed E-state index contributed by atoms with van der Waals surface area (Å²) in [6, 6.07) is 0.710. The normalized spacial score (nSPS) is 24.2. The molecule has 112 valence electrons. The summed E-state index contributed by atoms with van der Waals surface area (Å²) in [5.41, 5.74) is 1.08. The van der Waals surface area contributed by atoms with Gasteiger partial charge in [-0.2, -0.15) is 0 Å². The van der Waals surface area contributed by atoms with Crippen molar-refractivity contribution in [2.45, 2.75) is 51.7 Å². The molecule has 3 rings (SSSR count).